The monoisotopic (exact) mass is 539 g/mol. The van der Waals surface area contributed by atoms with Crippen LogP contribution in [-0.4, -0.2) is 41.5 Å². The van der Waals surface area contributed by atoms with E-state index >= 15 is 0 Å². The van der Waals surface area contributed by atoms with Gasteiger partial charge >= 0.3 is 0 Å². The van der Waals surface area contributed by atoms with Crippen LogP contribution in [0.1, 0.15) is 40.4 Å². The molecule has 1 fully saturated rings. The van der Waals surface area contributed by atoms with E-state index in [1.54, 1.807) is 25.1 Å². The highest BCUT2D eigenvalue weighted by atomic mass is 79.9. The number of nitrogens with zero attached hydrogens (tertiary/aromatic N) is 2. The van der Waals surface area contributed by atoms with Gasteiger partial charge in [-0.2, -0.15) is 0 Å². The fraction of sp³-hybridized carbons (Fsp3) is 0.259. The van der Waals surface area contributed by atoms with Crippen LogP contribution in [0, 0.1) is 5.82 Å². The molecular weight excluding hydrogens is 513 g/mol. The Morgan fingerprint density at radius 2 is 1.83 bits per heavy atom. The number of likely N-dealkylation sites (tertiary alicyclic amines) is 1. The van der Waals surface area contributed by atoms with E-state index in [2.05, 4.69) is 21.2 Å². The molecule has 0 bridgehead atoms. The summed E-state index contributed by atoms with van der Waals surface area (Å²) in [5, 5.41) is 2.88. The van der Waals surface area contributed by atoms with Gasteiger partial charge in [0.1, 0.15) is 17.3 Å². The van der Waals surface area contributed by atoms with Crippen LogP contribution in [0.15, 0.2) is 65.3 Å². The zero-order valence-electron chi connectivity index (χ0n) is 19.6. The fourth-order valence-electron chi connectivity index (χ4n) is 4.34. The number of carbonyl (C=O) groups excluding carboxylic acids is 2. The standard InChI is InChI=1S/C27H27BrFN3O3/c1-31-17-22(29)16-24(31)27(34)32-13-11-19(12-14-32)18-3-7-23(8-4-18)30-26(33)10-5-20-15-21(28)6-9-25(20)35-2/h3-10,15-17,19H,11-14H2,1-2H3,(H,30,33)/b10-5+. The van der Waals surface area contributed by atoms with Gasteiger partial charge in [-0.05, 0) is 60.7 Å². The Kier molecular flexibility index (Phi) is 7.70. The largest absolute Gasteiger partial charge is 0.496 e. The zero-order chi connectivity index (χ0) is 24.9. The van der Waals surface area contributed by atoms with Gasteiger partial charge in [0.2, 0.25) is 5.91 Å². The van der Waals surface area contributed by atoms with E-state index in [9.17, 15) is 14.0 Å². The normalized spacial score (nSPS) is 14.3. The Labute approximate surface area is 212 Å². The van der Waals surface area contributed by atoms with Crippen LogP contribution in [0.3, 0.4) is 0 Å². The van der Waals surface area contributed by atoms with Crippen molar-refractivity contribution in [2.45, 2.75) is 18.8 Å². The summed E-state index contributed by atoms with van der Waals surface area (Å²) in [6, 6.07) is 14.7. The molecule has 0 aliphatic carbocycles. The first-order valence-corrected chi connectivity index (χ1v) is 12.2. The molecular formula is C27H27BrFN3O3. The lowest BCUT2D eigenvalue weighted by Gasteiger charge is -2.32. The number of carbonyl (C=O) groups is 2. The van der Waals surface area contributed by atoms with Gasteiger partial charge in [-0.1, -0.05) is 28.1 Å². The first-order chi connectivity index (χ1) is 16.8. The average molecular weight is 540 g/mol. The molecule has 3 aromatic rings. The topological polar surface area (TPSA) is 63.6 Å². The molecule has 1 aromatic heterocycles. The van der Waals surface area contributed by atoms with Crippen LogP contribution in [0.25, 0.3) is 6.08 Å². The zero-order valence-corrected chi connectivity index (χ0v) is 21.2. The van der Waals surface area contributed by atoms with E-state index in [1.807, 2.05) is 42.5 Å². The molecule has 0 unspecified atom stereocenters. The smallest absolute Gasteiger partial charge is 0.270 e. The number of amides is 2. The van der Waals surface area contributed by atoms with Gasteiger partial charge in [0.25, 0.3) is 5.91 Å². The van der Waals surface area contributed by atoms with E-state index in [4.69, 9.17) is 4.74 Å². The second kappa shape index (κ2) is 10.9. The minimum absolute atomic E-state index is 0.138. The summed E-state index contributed by atoms with van der Waals surface area (Å²) in [4.78, 5) is 26.9. The van der Waals surface area contributed by atoms with Crippen molar-refractivity contribution < 1.29 is 18.7 Å². The molecule has 2 heterocycles. The van der Waals surface area contributed by atoms with Crippen molar-refractivity contribution in [3.8, 4) is 5.75 Å². The first-order valence-electron chi connectivity index (χ1n) is 11.4. The van der Waals surface area contributed by atoms with Gasteiger partial charge in [0.15, 0.2) is 0 Å². The average Bonchev–Trinajstić information content (AvgIpc) is 3.20. The third-order valence-electron chi connectivity index (χ3n) is 6.23. The number of hydrogen-bond donors (Lipinski definition) is 1. The van der Waals surface area contributed by atoms with Gasteiger partial charge in [-0.15, -0.1) is 0 Å². The van der Waals surface area contributed by atoms with Crippen molar-refractivity contribution in [2.75, 3.05) is 25.5 Å². The molecule has 0 saturated carbocycles. The fourth-order valence-corrected chi connectivity index (χ4v) is 4.72. The number of halogens is 2. The third-order valence-corrected chi connectivity index (χ3v) is 6.72. The Morgan fingerprint density at radius 1 is 1.11 bits per heavy atom. The summed E-state index contributed by atoms with van der Waals surface area (Å²) in [6.45, 7) is 1.25. The minimum Gasteiger partial charge on any atom is -0.496 e. The summed E-state index contributed by atoms with van der Waals surface area (Å²) in [5.41, 5.74) is 3.06. The number of aryl methyl sites for hydroxylation is 1. The summed E-state index contributed by atoms with van der Waals surface area (Å²) in [7, 11) is 3.27. The molecule has 0 atom stereocenters. The summed E-state index contributed by atoms with van der Waals surface area (Å²) >= 11 is 3.43. The highest BCUT2D eigenvalue weighted by Crippen LogP contribution is 2.30. The molecule has 35 heavy (non-hydrogen) atoms. The molecule has 6 nitrogen and oxygen atoms in total. The molecule has 1 aliphatic rings. The predicted molar refractivity (Wildman–Crippen MR) is 138 cm³/mol. The van der Waals surface area contributed by atoms with Crippen LogP contribution in [0.4, 0.5) is 10.1 Å². The summed E-state index contributed by atoms with van der Waals surface area (Å²) in [6.07, 6.45) is 6.17. The minimum atomic E-state index is -0.402. The van der Waals surface area contributed by atoms with Gasteiger partial charge in [-0.3, -0.25) is 9.59 Å². The lowest BCUT2D eigenvalue weighted by Crippen LogP contribution is -2.38. The van der Waals surface area contributed by atoms with Crippen molar-refractivity contribution in [3.63, 3.8) is 0 Å². The number of rotatable bonds is 6. The van der Waals surface area contributed by atoms with Crippen LogP contribution < -0.4 is 10.1 Å². The van der Waals surface area contributed by atoms with Gasteiger partial charge < -0.3 is 19.5 Å². The second-order valence-corrected chi connectivity index (χ2v) is 9.47. The predicted octanol–water partition coefficient (Wildman–Crippen LogP) is 5.61. The Balaban J connectivity index is 1.31. The van der Waals surface area contributed by atoms with Crippen LogP contribution in [-0.2, 0) is 11.8 Å². The quantitative estimate of drug-likeness (QED) is 0.414. The van der Waals surface area contributed by atoms with Crippen LogP contribution in [0.5, 0.6) is 5.75 Å². The Morgan fingerprint density at radius 3 is 2.46 bits per heavy atom. The first kappa shape index (κ1) is 24.7. The third kappa shape index (κ3) is 6.00. The number of hydrogen-bond acceptors (Lipinski definition) is 3. The second-order valence-electron chi connectivity index (χ2n) is 8.55. The highest BCUT2D eigenvalue weighted by Gasteiger charge is 2.26. The molecule has 182 valence electrons. The van der Waals surface area contributed by atoms with E-state index in [-0.39, 0.29) is 11.8 Å². The van der Waals surface area contributed by atoms with Crippen molar-refractivity contribution >= 4 is 39.5 Å². The van der Waals surface area contributed by atoms with Crippen molar-refractivity contribution in [1.29, 1.82) is 0 Å². The Hall–Kier alpha value is -3.39. The van der Waals surface area contributed by atoms with E-state index in [0.29, 0.717) is 36.1 Å². The molecule has 1 saturated heterocycles. The maximum absolute atomic E-state index is 13.4. The highest BCUT2D eigenvalue weighted by molar-refractivity contribution is 9.10. The lowest BCUT2D eigenvalue weighted by molar-refractivity contribution is -0.111. The Bertz CT molecular complexity index is 1250. The number of benzene rings is 2. The van der Waals surface area contributed by atoms with Crippen molar-refractivity contribution in [1.82, 2.24) is 9.47 Å². The molecule has 4 rings (SSSR count). The molecule has 1 N–H and O–H groups in total. The van der Waals surface area contributed by atoms with E-state index < -0.39 is 5.82 Å². The maximum Gasteiger partial charge on any atom is 0.270 e. The number of ether oxygens (including phenoxy) is 1. The molecule has 2 amide bonds. The number of piperidine rings is 1. The van der Waals surface area contributed by atoms with Gasteiger partial charge in [0.05, 0.1) is 7.11 Å². The van der Waals surface area contributed by atoms with E-state index in [1.165, 1.54) is 28.5 Å². The molecule has 1 aliphatic heterocycles. The number of methoxy groups -OCH3 is 1. The molecule has 2 aromatic carbocycles. The molecule has 0 radical (unpaired) electrons. The lowest BCUT2D eigenvalue weighted by atomic mass is 9.89. The molecule has 0 spiro atoms. The van der Waals surface area contributed by atoms with Gasteiger partial charge in [0, 0.05) is 54.2 Å². The number of aromatic nitrogens is 1. The van der Waals surface area contributed by atoms with Crippen LogP contribution >= 0.6 is 15.9 Å². The molecule has 8 heteroatoms. The van der Waals surface area contributed by atoms with Crippen molar-refractivity contribution in [2.24, 2.45) is 7.05 Å². The van der Waals surface area contributed by atoms with Gasteiger partial charge in [-0.25, -0.2) is 4.39 Å². The number of nitrogens with one attached hydrogen (secondary N) is 1. The summed E-state index contributed by atoms with van der Waals surface area (Å²) in [5.74, 6) is 0.245. The van der Waals surface area contributed by atoms with E-state index in [0.717, 1.165) is 22.9 Å². The summed E-state index contributed by atoms with van der Waals surface area (Å²) < 4.78 is 21.2. The van der Waals surface area contributed by atoms with Crippen LogP contribution in [0.2, 0.25) is 0 Å². The van der Waals surface area contributed by atoms with Crippen molar-refractivity contribution in [3.05, 3.63) is 87.9 Å². The number of anilines is 1. The maximum atomic E-state index is 13.4. The SMILES string of the molecule is COc1ccc(Br)cc1/C=C/C(=O)Nc1ccc(C2CCN(C(=O)c3cc(F)cn3C)CC2)cc1.